The van der Waals surface area contributed by atoms with Gasteiger partial charge in [0, 0.05) is 26.1 Å². The van der Waals surface area contributed by atoms with Gasteiger partial charge in [0.25, 0.3) is 0 Å². The third kappa shape index (κ3) is 4.78. The molecule has 0 bridgehead atoms. The summed E-state index contributed by atoms with van der Waals surface area (Å²) in [6.07, 6.45) is 1.88. The second kappa shape index (κ2) is 9.52. The highest BCUT2D eigenvalue weighted by Gasteiger charge is 2.31. The number of para-hydroxylation sites is 2. The van der Waals surface area contributed by atoms with E-state index in [-0.39, 0.29) is 17.9 Å². The van der Waals surface area contributed by atoms with E-state index in [0.717, 1.165) is 57.0 Å². The predicted octanol–water partition coefficient (Wildman–Crippen LogP) is 3.64. The van der Waals surface area contributed by atoms with E-state index in [0.29, 0.717) is 6.54 Å². The van der Waals surface area contributed by atoms with Crippen molar-refractivity contribution in [1.82, 2.24) is 9.80 Å². The number of nitrogens with zero attached hydrogens (tertiary/aromatic N) is 3. The van der Waals surface area contributed by atoms with Crippen molar-refractivity contribution in [1.29, 1.82) is 0 Å². The molecule has 0 spiro atoms. The monoisotopic (exact) mass is 407 g/mol. The lowest BCUT2D eigenvalue weighted by Gasteiger charge is -2.38. The molecule has 2 aromatic carbocycles. The summed E-state index contributed by atoms with van der Waals surface area (Å²) < 4.78 is 6.21. The standard InChI is InChI=1S/C25H33N3O2/c1-3-28-19-22(30-24-12-8-7-11-23(24)28)18-26(2)25(29)21-13-15-27(16-14-21)17-20-9-5-4-6-10-20/h4-12,21-22H,3,13-19H2,1-2H3/t22-/m1/s1. The first-order valence-electron chi connectivity index (χ1n) is 11.2. The van der Waals surface area contributed by atoms with Gasteiger partial charge in [0.05, 0.1) is 18.8 Å². The van der Waals surface area contributed by atoms with Gasteiger partial charge in [-0.1, -0.05) is 42.5 Å². The van der Waals surface area contributed by atoms with Crippen molar-refractivity contribution in [3.05, 3.63) is 60.2 Å². The Hall–Kier alpha value is -2.53. The highest BCUT2D eigenvalue weighted by molar-refractivity contribution is 5.78. The molecule has 2 aliphatic heterocycles. The van der Waals surface area contributed by atoms with E-state index in [9.17, 15) is 4.79 Å². The maximum absolute atomic E-state index is 13.1. The van der Waals surface area contributed by atoms with Crippen molar-refractivity contribution >= 4 is 11.6 Å². The molecule has 2 heterocycles. The van der Waals surface area contributed by atoms with Gasteiger partial charge in [0.2, 0.25) is 5.91 Å². The van der Waals surface area contributed by atoms with E-state index in [1.807, 2.05) is 30.1 Å². The van der Waals surface area contributed by atoms with Gasteiger partial charge in [-0.05, 0) is 50.6 Å². The van der Waals surface area contributed by atoms with Gasteiger partial charge in [-0.3, -0.25) is 9.69 Å². The Morgan fingerprint density at radius 1 is 1.07 bits per heavy atom. The molecule has 2 aromatic rings. The average Bonchev–Trinajstić information content (AvgIpc) is 2.79. The number of amides is 1. The molecule has 0 saturated carbocycles. The van der Waals surface area contributed by atoms with Crippen molar-refractivity contribution in [3.63, 3.8) is 0 Å². The lowest BCUT2D eigenvalue weighted by Crippen LogP contribution is -2.48. The van der Waals surface area contributed by atoms with Crippen molar-refractivity contribution in [2.24, 2.45) is 5.92 Å². The fourth-order valence-corrected chi connectivity index (χ4v) is 4.66. The second-order valence-corrected chi connectivity index (χ2v) is 8.50. The molecular formula is C25H33N3O2. The SMILES string of the molecule is CCN1C[C@@H](CN(C)C(=O)C2CCN(Cc3ccccc3)CC2)Oc2ccccc21. The van der Waals surface area contributed by atoms with Gasteiger partial charge in [0.1, 0.15) is 11.9 Å². The van der Waals surface area contributed by atoms with Gasteiger partial charge in [-0.25, -0.2) is 0 Å². The molecule has 1 saturated heterocycles. The lowest BCUT2D eigenvalue weighted by molar-refractivity contribution is -0.136. The maximum Gasteiger partial charge on any atom is 0.225 e. The van der Waals surface area contributed by atoms with Crippen LogP contribution in [0.2, 0.25) is 0 Å². The highest BCUT2D eigenvalue weighted by atomic mass is 16.5. The van der Waals surface area contributed by atoms with Gasteiger partial charge in [-0.2, -0.15) is 0 Å². The number of likely N-dealkylation sites (tertiary alicyclic amines) is 1. The molecule has 2 aliphatic rings. The first-order chi connectivity index (χ1) is 14.6. The van der Waals surface area contributed by atoms with Crippen LogP contribution < -0.4 is 9.64 Å². The highest BCUT2D eigenvalue weighted by Crippen LogP contribution is 2.33. The Bertz CT molecular complexity index is 833. The first-order valence-corrected chi connectivity index (χ1v) is 11.2. The van der Waals surface area contributed by atoms with Crippen molar-refractivity contribution in [3.8, 4) is 5.75 Å². The predicted molar refractivity (Wildman–Crippen MR) is 121 cm³/mol. The number of carbonyl (C=O) groups excluding carboxylic acids is 1. The summed E-state index contributed by atoms with van der Waals surface area (Å²) >= 11 is 0. The van der Waals surface area contributed by atoms with E-state index >= 15 is 0 Å². The van der Waals surface area contributed by atoms with Crippen LogP contribution in [-0.4, -0.2) is 61.6 Å². The Morgan fingerprint density at radius 2 is 1.77 bits per heavy atom. The normalized spacial score (nSPS) is 19.8. The molecule has 0 aliphatic carbocycles. The quantitative estimate of drug-likeness (QED) is 0.732. The van der Waals surface area contributed by atoms with Gasteiger partial charge in [-0.15, -0.1) is 0 Å². The zero-order valence-corrected chi connectivity index (χ0v) is 18.2. The molecule has 0 N–H and O–H groups in total. The number of carbonyl (C=O) groups is 1. The molecular weight excluding hydrogens is 374 g/mol. The van der Waals surface area contributed by atoms with Crippen LogP contribution in [0.3, 0.4) is 0 Å². The Labute approximate surface area is 180 Å². The molecule has 0 radical (unpaired) electrons. The molecule has 0 unspecified atom stereocenters. The second-order valence-electron chi connectivity index (χ2n) is 8.50. The molecule has 0 aromatic heterocycles. The molecule has 4 rings (SSSR count). The fraction of sp³-hybridized carbons (Fsp3) is 0.480. The summed E-state index contributed by atoms with van der Waals surface area (Å²) in [5.74, 6) is 1.31. The van der Waals surface area contributed by atoms with E-state index in [4.69, 9.17) is 4.74 Å². The van der Waals surface area contributed by atoms with Crippen LogP contribution in [0.25, 0.3) is 0 Å². The molecule has 1 amide bonds. The zero-order chi connectivity index (χ0) is 20.9. The van der Waals surface area contributed by atoms with Crippen LogP contribution in [-0.2, 0) is 11.3 Å². The van der Waals surface area contributed by atoms with Crippen LogP contribution in [0.4, 0.5) is 5.69 Å². The largest absolute Gasteiger partial charge is 0.485 e. The number of piperidine rings is 1. The molecule has 30 heavy (non-hydrogen) atoms. The van der Waals surface area contributed by atoms with Crippen LogP contribution >= 0.6 is 0 Å². The van der Waals surface area contributed by atoms with E-state index < -0.39 is 0 Å². The summed E-state index contributed by atoms with van der Waals surface area (Å²) in [7, 11) is 1.93. The van der Waals surface area contributed by atoms with Gasteiger partial charge < -0.3 is 14.5 Å². The fourth-order valence-electron chi connectivity index (χ4n) is 4.66. The Balaban J connectivity index is 1.28. The number of fused-ring (bicyclic) bond motifs is 1. The third-order valence-corrected chi connectivity index (χ3v) is 6.34. The molecule has 160 valence electrons. The molecule has 1 fully saturated rings. The number of ether oxygens (including phenoxy) is 1. The van der Waals surface area contributed by atoms with E-state index in [1.54, 1.807) is 0 Å². The Kier molecular flexibility index (Phi) is 6.58. The van der Waals surface area contributed by atoms with E-state index in [1.165, 1.54) is 5.56 Å². The topological polar surface area (TPSA) is 36.0 Å². The van der Waals surface area contributed by atoms with Crippen LogP contribution in [0.5, 0.6) is 5.75 Å². The number of anilines is 1. The van der Waals surface area contributed by atoms with Gasteiger partial charge in [0.15, 0.2) is 0 Å². The number of rotatable bonds is 6. The minimum atomic E-state index is 0.00645. The van der Waals surface area contributed by atoms with Crippen molar-refractivity contribution in [2.75, 3.05) is 44.7 Å². The first kappa shape index (κ1) is 20.7. The lowest BCUT2D eigenvalue weighted by atomic mass is 9.95. The van der Waals surface area contributed by atoms with Crippen LogP contribution in [0.15, 0.2) is 54.6 Å². The van der Waals surface area contributed by atoms with Crippen LogP contribution in [0.1, 0.15) is 25.3 Å². The van der Waals surface area contributed by atoms with Crippen molar-refractivity contribution in [2.45, 2.75) is 32.4 Å². The number of hydrogen-bond acceptors (Lipinski definition) is 4. The van der Waals surface area contributed by atoms with Crippen LogP contribution in [0, 0.1) is 5.92 Å². The third-order valence-electron chi connectivity index (χ3n) is 6.34. The average molecular weight is 408 g/mol. The number of likely N-dealkylation sites (N-methyl/N-ethyl adjacent to an activating group) is 2. The summed E-state index contributed by atoms with van der Waals surface area (Å²) in [4.78, 5) is 19.8. The maximum atomic E-state index is 13.1. The minimum Gasteiger partial charge on any atom is -0.485 e. The Morgan fingerprint density at radius 3 is 2.50 bits per heavy atom. The van der Waals surface area contributed by atoms with Gasteiger partial charge >= 0.3 is 0 Å². The van der Waals surface area contributed by atoms with Crippen molar-refractivity contribution < 1.29 is 9.53 Å². The van der Waals surface area contributed by atoms with E-state index in [2.05, 4.69) is 53.1 Å². The molecule has 5 heteroatoms. The summed E-state index contributed by atoms with van der Waals surface area (Å²) in [6, 6.07) is 18.8. The molecule has 5 nitrogen and oxygen atoms in total. The number of hydrogen-bond donors (Lipinski definition) is 0. The summed E-state index contributed by atoms with van der Waals surface area (Å²) in [5, 5.41) is 0. The molecule has 1 atom stereocenters. The summed E-state index contributed by atoms with van der Waals surface area (Å²) in [5.41, 5.74) is 2.49. The smallest absolute Gasteiger partial charge is 0.225 e. The number of benzene rings is 2. The zero-order valence-electron chi connectivity index (χ0n) is 18.2. The summed E-state index contributed by atoms with van der Waals surface area (Å²) in [6.45, 7) is 7.49. The minimum absolute atomic E-state index is 0.00645.